The number of aromatic nitrogens is 2. The molecule has 0 unspecified atom stereocenters. The molecule has 2 fully saturated rings. The van der Waals surface area contributed by atoms with Gasteiger partial charge in [-0.2, -0.15) is 4.98 Å². The SMILES string of the molecule is Cc1nc(C2(NCC(=O)Nc3ccc(N4CCN(Cc5ccccc5)CC4)cc3)CCCC2)no1. The first kappa shape index (κ1) is 23.5. The van der Waals surface area contributed by atoms with E-state index >= 15 is 0 Å². The molecule has 0 radical (unpaired) electrons. The van der Waals surface area contributed by atoms with E-state index in [1.54, 1.807) is 6.92 Å². The summed E-state index contributed by atoms with van der Waals surface area (Å²) in [5, 5.41) is 10.6. The minimum absolute atomic E-state index is 0.0706. The normalized spacial score (nSPS) is 18.0. The van der Waals surface area contributed by atoms with Crippen LogP contribution >= 0.6 is 0 Å². The molecule has 2 N–H and O–H groups in total. The average molecular weight is 475 g/mol. The van der Waals surface area contributed by atoms with Gasteiger partial charge in [0.05, 0.1) is 12.1 Å². The maximum atomic E-state index is 12.7. The zero-order valence-electron chi connectivity index (χ0n) is 20.4. The quantitative estimate of drug-likeness (QED) is 0.515. The molecule has 1 aromatic heterocycles. The van der Waals surface area contributed by atoms with E-state index in [4.69, 9.17) is 4.52 Å². The van der Waals surface area contributed by atoms with Gasteiger partial charge in [0.2, 0.25) is 11.8 Å². The van der Waals surface area contributed by atoms with Gasteiger partial charge < -0.3 is 14.7 Å². The number of carbonyl (C=O) groups excluding carboxylic acids is 1. The molecule has 2 aromatic carbocycles. The molecule has 1 aliphatic heterocycles. The van der Waals surface area contributed by atoms with Crippen LogP contribution in [-0.2, 0) is 16.9 Å². The van der Waals surface area contributed by atoms with E-state index in [1.165, 1.54) is 11.3 Å². The lowest BCUT2D eigenvalue weighted by Crippen LogP contribution is -2.46. The first-order valence-electron chi connectivity index (χ1n) is 12.6. The van der Waals surface area contributed by atoms with E-state index in [0.29, 0.717) is 11.7 Å². The summed E-state index contributed by atoms with van der Waals surface area (Å²) in [6.45, 7) is 7.09. The number of piperazine rings is 1. The molecular weight excluding hydrogens is 440 g/mol. The molecular formula is C27H34N6O2. The second kappa shape index (κ2) is 10.6. The Morgan fingerprint density at radius 2 is 1.71 bits per heavy atom. The molecule has 1 aliphatic carbocycles. The van der Waals surface area contributed by atoms with Crippen molar-refractivity contribution in [3.8, 4) is 0 Å². The first-order valence-corrected chi connectivity index (χ1v) is 12.6. The van der Waals surface area contributed by atoms with Crippen LogP contribution in [0.4, 0.5) is 11.4 Å². The zero-order chi connectivity index (χ0) is 24.1. The maximum Gasteiger partial charge on any atom is 0.238 e. The number of amides is 1. The molecule has 0 atom stereocenters. The smallest absolute Gasteiger partial charge is 0.238 e. The van der Waals surface area contributed by atoms with Crippen molar-refractivity contribution in [2.75, 3.05) is 42.9 Å². The van der Waals surface area contributed by atoms with Gasteiger partial charge in [-0.1, -0.05) is 48.3 Å². The highest BCUT2D eigenvalue weighted by molar-refractivity contribution is 5.92. The molecule has 8 heteroatoms. The minimum atomic E-state index is -0.373. The lowest BCUT2D eigenvalue weighted by atomic mass is 9.96. The second-order valence-electron chi connectivity index (χ2n) is 9.62. The Hall–Kier alpha value is -3.23. The second-order valence-corrected chi connectivity index (χ2v) is 9.62. The average Bonchev–Trinajstić information content (AvgIpc) is 3.55. The summed E-state index contributed by atoms with van der Waals surface area (Å²) < 4.78 is 5.19. The lowest BCUT2D eigenvalue weighted by Gasteiger charge is -2.36. The van der Waals surface area contributed by atoms with Crippen LogP contribution in [0.1, 0.15) is 43.0 Å². The van der Waals surface area contributed by atoms with E-state index in [2.05, 4.69) is 73.0 Å². The summed E-state index contributed by atoms with van der Waals surface area (Å²) >= 11 is 0. The van der Waals surface area contributed by atoms with Gasteiger partial charge in [0.1, 0.15) is 0 Å². The lowest BCUT2D eigenvalue weighted by molar-refractivity contribution is -0.115. The van der Waals surface area contributed by atoms with E-state index in [-0.39, 0.29) is 18.0 Å². The van der Waals surface area contributed by atoms with Crippen molar-refractivity contribution in [2.45, 2.75) is 44.7 Å². The summed E-state index contributed by atoms with van der Waals surface area (Å²) in [5.41, 5.74) is 2.99. The third-order valence-electron chi connectivity index (χ3n) is 7.14. The maximum absolute atomic E-state index is 12.7. The van der Waals surface area contributed by atoms with Crippen LogP contribution in [-0.4, -0.2) is 53.7 Å². The van der Waals surface area contributed by atoms with Crippen molar-refractivity contribution >= 4 is 17.3 Å². The van der Waals surface area contributed by atoms with E-state index in [0.717, 1.165) is 64.1 Å². The van der Waals surface area contributed by atoms with Crippen LogP contribution in [0.15, 0.2) is 59.1 Å². The van der Waals surface area contributed by atoms with Crippen LogP contribution in [0.25, 0.3) is 0 Å². The van der Waals surface area contributed by atoms with Crippen LogP contribution < -0.4 is 15.5 Å². The molecule has 0 spiro atoms. The number of hydrogen-bond donors (Lipinski definition) is 2. The monoisotopic (exact) mass is 474 g/mol. The van der Waals surface area contributed by atoms with Gasteiger partial charge >= 0.3 is 0 Å². The standard InChI is InChI=1S/C27H34N6O2/c1-21-29-26(31-35-21)27(13-5-6-14-27)28-19-25(34)30-23-9-11-24(12-10-23)33-17-15-32(16-18-33)20-22-7-3-2-4-8-22/h2-4,7-12,28H,5-6,13-20H2,1H3,(H,30,34). The van der Waals surface area contributed by atoms with Crippen LogP contribution in [0.5, 0.6) is 0 Å². The van der Waals surface area contributed by atoms with Crippen molar-refractivity contribution in [1.82, 2.24) is 20.4 Å². The third kappa shape index (κ3) is 5.71. The summed E-state index contributed by atoms with van der Waals surface area (Å²) in [6.07, 6.45) is 3.99. The molecule has 184 valence electrons. The molecule has 1 saturated heterocycles. The molecule has 0 bridgehead atoms. The molecule has 2 heterocycles. The van der Waals surface area contributed by atoms with Crippen molar-refractivity contribution in [3.05, 3.63) is 71.9 Å². The van der Waals surface area contributed by atoms with Gasteiger partial charge in [0.15, 0.2) is 5.82 Å². The number of nitrogens with one attached hydrogen (secondary N) is 2. The number of hydrogen-bond acceptors (Lipinski definition) is 7. The summed E-state index contributed by atoms with van der Waals surface area (Å²) in [6, 6.07) is 18.8. The van der Waals surface area contributed by atoms with Crippen LogP contribution in [0, 0.1) is 6.92 Å². The van der Waals surface area contributed by atoms with Crippen molar-refractivity contribution in [1.29, 1.82) is 0 Å². The van der Waals surface area contributed by atoms with Gasteiger partial charge in [-0.3, -0.25) is 15.0 Å². The number of nitrogens with zero attached hydrogens (tertiary/aromatic N) is 4. The number of aryl methyl sites for hydroxylation is 1. The van der Waals surface area contributed by atoms with Crippen molar-refractivity contribution in [2.24, 2.45) is 0 Å². The number of benzene rings is 2. The van der Waals surface area contributed by atoms with Gasteiger partial charge in [0, 0.05) is 51.0 Å². The van der Waals surface area contributed by atoms with Crippen LogP contribution in [0.2, 0.25) is 0 Å². The molecule has 35 heavy (non-hydrogen) atoms. The fourth-order valence-electron chi connectivity index (χ4n) is 5.17. The zero-order valence-corrected chi connectivity index (χ0v) is 20.4. The Balaban J connectivity index is 1.10. The number of rotatable bonds is 8. The molecule has 8 nitrogen and oxygen atoms in total. The van der Waals surface area contributed by atoms with E-state index in [1.807, 2.05) is 12.1 Å². The summed E-state index contributed by atoms with van der Waals surface area (Å²) in [4.78, 5) is 22.0. The van der Waals surface area contributed by atoms with Gasteiger partial charge in [0.25, 0.3) is 0 Å². The predicted molar refractivity (Wildman–Crippen MR) is 136 cm³/mol. The highest BCUT2D eigenvalue weighted by atomic mass is 16.5. The highest BCUT2D eigenvalue weighted by Crippen LogP contribution is 2.37. The summed E-state index contributed by atoms with van der Waals surface area (Å²) in [5.74, 6) is 1.14. The van der Waals surface area contributed by atoms with Crippen molar-refractivity contribution < 1.29 is 9.32 Å². The Morgan fingerprint density at radius 1 is 1.00 bits per heavy atom. The molecule has 1 amide bonds. The van der Waals surface area contributed by atoms with Crippen molar-refractivity contribution in [3.63, 3.8) is 0 Å². The van der Waals surface area contributed by atoms with Crippen LogP contribution in [0.3, 0.4) is 0 Å². The largest absolute Gasteiger partial charge is 0.369 e. The van der Waals surface area contributed by atoms with Gasteiger partial charge in [-0.15, -0.1) is 0 Å². The first-order chi connectivity index (χ1) is 17.1. The van der Waals surface area contributed by atoms with E-state index < -0.39 is 0 Å². The minimum Gasteiger partial charge on any atom is -0.369 e. The molecule has 2 aliphatic rings. The fourth-order valence-corrected chi connectivity index (χ4v) is 5.17. The van der Waals surface area contributed by atoms with Gasteiger partial charge in [-0.25, -0.2) is 0 Å². The Bertz CT molecular complexity index is 1100. The van der Waals surface area contributed by atoms with Gasteiger partial charge in [-0.05, 0) is 42.7 Å². The number of carbonyl (C=O) groups is 1. The molecule has 3 aromatic rings. The topological polar surface area (TPSA) is 86.5 Å². The fraction of sp³-hybridized carbons (Fsp3) is 0.444. The summed E-state index contributed by atoms with van der Waals surface area (Å²) in [7, 11) is 0. The predicted octanol–water partition coefficient (Wildman–Crippen LogP) is 3.70. The number of anilines is 2. The molecule has 1 saturated carbocycles. The third-order valence-corrected chi connectivity index (χ3v) is 7.14. The molecule has 5 rings (SSSR count). The Morgan fingerprint density at radius 3 is 2.37 bits per heavy atom. The Kier molecular flexibility index (Phi) is 7.11. The Labute approximate surface area is 206 Å². The van der Waals surface area contributed by atoms with E-state index in [9.17, 15) is 4.79 Å². The highest BCUT2D eigenvalue weighted by Gasteiger charge is 2.39.